The molecule has 2 aromatic rings. The second-order valence-electron chi connectivity index (χ2n) is 9.47. The van der Waals surface area contributed by atoms with Crippen LogP contribution in [0.25, 0.3) is 0 Å². The Morgan fingerprint density at radius 2 is 1.62 bits per heavy atom. The van der Waals surface area contributed by atoms with Crippen LogP contribution in [0.5, 0.6) is 17.2 Å². The van der Waals surface area contributed by atoms with Gasteiger partial charge in [0.15, 0.2) is 18.1 Å². The molecule has 2 aromatic carbocycles. The standard InChI is InChI=1S/C24H30Br2N2O4/c1-23(2,3)16-8-14(9-17(21(16)30)24(4,5)6)12-27-28-20(29)13-32-22-18(26)10-15(25)11-19(22)31-7/h8-12,30H,13H2,1-7H3,(H,28,29)/b27-12-. The van der Waals surface area contributed by atoms with Crippen LogP contribution in [0, 0.1) is 0 Å². The summed E-state index contributed by atoms with van der Waals surface area (Å²) in [6.07, 6.45) is 1.57. The number of benzene rings is 2. The van der Waals surface area contributed by atoms with E-state index in [1.165, 1.54) is 7.11 Å². The topological polar surface area (TPSA) is 80.2 Å². The van der Waals surface area contributed by atoms with Crippen LogP contribution in [0.15, 0.2) is 38.3 Å². The van der Waals surface area contributed by atoms with E-state index in [2.05, 4.69) is 42.4 Å². The lowest BCUT2D eigenvalue weighted by Crippen LogP contribution is -2.25. The number of ether oxygens (including phenoxy) is 2. The van der Waals surface area contributed by atoms with Gasteiger partial charge in [-0.15, -0.1) is 0 Å². The third-order valence-electron chi connectivity index (χ3n) is 4.69. The van der Waals surface area contributed by atoms with Crippen LogP contribution in [0.4, 0.5) is 0 Å². The van der Waals surface area contributed by atoms with Gasteiger partial charge in [-0.05, 0) is 56.6 Å². The minimum atomic E-state index is -0.413. The number of carbonyl (C=O) groups is 1. The monoisotopic (exact) mass is 568 g/mol. The summed E-state index contributed by atoms with van der Waals surface area (Å²) in [6.45, 7) is 12.0. The SMILES string of the molecule is COc1cc(Br)cc(Br)c1OCC(=O)N/N=C\c1cc(C(C)(C)C)c(O)c(C(C)(C)C)c1. The molecule has 0 saturated heterocycles. The van der Waals surface area contributed by atoms with Crippen LogP contribution < -0.4 is 14.9 Å². The molecule has 0 radical (unpaired) electrons. The lowest BCUT2D eigenvalue weighted by atomic mass is 9.78. The van der Waals surface area contributed by atoms with Gasteiger partial charge < -0.3 is 14.6 Å². The first-order valence-corrected chi connectivity index (χ1v) is 11.7. The van der Waals surface area contributed by atoms with Crippen LogP contribution in [-0.4, -0.2) is 30.9 Å². The predicted octanol–water partition coefficient (Wildman–Crippen LogP) is 6.05. The highest BCUT2D eigenvalue weighted by Gasteiger charge is 2.26. The molecular weight excluding hydrogens is 540 g/mol. The summed E-state index contributed by atoms with van der Waals surface area (Å²) in [5.74, 6) is 0.812. The Labute approximate surface area is 206 Å². The van der Waals surface area contributed by atoms with E-state index in [1.807, 2.05) is 53.7 Å². The second kappa shape index (κ2) is 10.3. The molecule has 0 bridgehead atoms. The number of nitrogens with one attached hydrogen (secondary N) is 1. The van der Waals surface area contributed by atoms with Crippen LogP contribution in [0.2, 0.25) is 0 Å². The van der Waals surface area contributed by atoms with Crippen molar-refractivity contribution in [2.75, 3.05) is 13.7 Å². The average molecular weight is 570 g/mol. The van der Waals surface area contributed by atoms with Gasteiger partial charge >= 0.3 is 0 Å². The first kappa shape index (κ1) is 26.2. The fourth-order valence-electron chi connectivity index (χ4n) is 3.05. The summed E-state index contributed by atoms with van der Waals surface area (Å²) < 4.78 is 12.4. The summed E-state index contributed by atoms with van der Waals surface area (Å²) in [5.41, 5.74) is 4.42. The maximum atomic E-state index is 12.2. The van der Waals surface area contributed by atoms with Crippen molar-refractivity contribution in [3.63, 3.8) is 0 Å². The van der Waals surface area contributed by atoms with Crippen molar-refractivity contribution in [3.05, 3.63) is 49.9 Å². The Kier molecular flexibility index (Phi) is 8.39. The molecule has 0 saturated carbocycles. The largest absolute Gasteiger partial charge is 0.507 e. The van der Waals surface area contributed by atoms with Gasteiger partial charge in [0.1, 0.15) is 5.75 Å². The van der Waals surface area contributed by atoms with E-state index in [-0.39, 0.29) is 17.4 Å². The van der Waals surface area contributed by atoms with Gasteiger partial charge in [0.05, 0.1) is 17.8 Å². The van der Waals surface area contributed by atoms with Gasteiger partial charge in [-0.3, -0.25) is 4.79 Å². The van der Waals surface area contributed by atoms with Crippen LogP contribution >= 0.6 is 31.9 Å². The number of hydrogen-bond acceptors (Lipinski definition) is 5. The third kappa shape index (κ3) is 6.72. The highest BCUT2D eigenvalue weighted by atomic mass is 79.9. The quantitative estimate of drug-likeness (QED) is 0.328. The van der Waals surface area contributed by atoms with Crippen molar-refractivity contribution in [1.29, 1.82) is 0 Å². The number of amides is 1. The molecule has 32 heavy (non-hydrogen) atoms. The Balaban J connectivity index is 2.15. The summed E-state index contributed by atoms with van der Waals surface area (Å²) in [4.78, 5) is 12.2. The van der Waals surface area contributed by atoms with E-state index in [4.69, 9.17) is 9.47 Å². The van der Waals surface area contributed by atoms with Gasteiger partial charge in [0, 0.05) is 15.6 Å². The zero-order valence-electron chi connectivity index (χ0n) is 19.5. The van der Waals surface area contributed by atoms with Crippen molar-refractivity contribution in [3.8, 4) is 17.2 Å². The zero-order chi connectivity index (χ0) is 24.3. The van der Waals surface area contributed by atoms with Gasteiger partial charge in [-0.1, -0.05) is 57.5 Å². The molecule has 174 valence electrons. The fraction of sp³-hybridized carbons (Fsp3) is 0.417. The Morgan fingerprint density at radius 1 is 1.06 bits per heavy atom. The summed E-state index contributed by atoms with van der Waals surface area (Å²) in [7, 11) is 1.53. The molecule has 0 fully saturated rings. The molecule has 0 aliphatic rings. The summed E-state index contributed by atoms with van der Waals surface area (Å²) in [5, 5.41) is 14.9. The van der Waals surface area contributed by atoms with E-state index < -0.39 is 5.91 Å². The van der Waals surface area contributed by atoms with E-state index in [1.54, 1.807) is 18.3 Å². The van der Waals surface area contributed by atoms with Gasteiger partial charge in [0.25, 0.3) is 5.91 Å². The fourth-order valence-corrected chi connectivity index (χ4v) is 4.35. The number of carbonyl (C=O) groups excluding carboxylic acids is 1. The van der Waals surface area contributed by atoms with Crippen LogP contribution in [0.3, 0.4) is 0 Å². The number of rotatable bonds is 6. The Morgan fingerprint density at radius 3 is 2.12 bits per heavy atom. The number of halogens is 2. The molecule has 0 heterocycles. The highest BCUT2D eigenvalue weighted by molar-refractivity contribution is 9.11. The lowest BCUT2D eigenvalue weighted by Gasteiger charge is -2.27. The molecule has 6 nitrogen and oxygen atoms in total. The molecule has 2 N–H and O–H groups in total. The van der Waals surface area contributed by atoms with Crippen molar-refractivity contribution >= 4 is 44.0 Å². The van der Waals surface area contributed by atoms with Crippen molar-refractivity contribution in [2.24, 2.45) is 5.10 Å². The zero-order valence-corrected chi connectivity index (χ0v) is 22.6. The summed E-state index contributed by atoms with van der Waals surface area (Å²) in [6, 6.07) is 7.33. The van der Waals surface area contributed by atoms with E-state index >= 15 is 0 Å². The number of hydrazone groups is 1. The van der Waals surface area contributed by atoms with Gasteiger partial charge in [0.2, 0.25) is 0 Å². The number of hydrogen-bond donors (Lipinski definition) is 2. The average Bonchev–Trinajstić information content (AvgIpc) is 2.65. The number of nitrogens with zero attached hydrogens (tertiary/aromatic N) is 1. The first-order chi connectivity index (χ1) is 14.7. The van der Waals surface area contributed by atoms with Crippen molar-refractivity contribution in [1.82, 2.24) is 5.43 Å². The summed E-state index contributed by atoms with van der Waals surface area (Å²) >= 11 is 6.79. The number of phenols is 1. The number of methoxy groups -OCH3 is 1. The Bertz CT molecular complexity index is 987. The molecule has 0 spiro atoms. The van der Waals surface area contributed by atoms with E-state index in [9.17, 15) is 9.90 Å². The Hall–Kier alpha value is -2.06. The predicted molar refractivity (Wildman–Crippen MR) is 135 cm³/mol. The molecule has 0 unspecified atom stereocenters. The minimum absolute atomic E-state index is 0.232. The minimum Gasteiger partial charge on any atom is -0.507 e. The first-order valence-electron chi connectivity index (χ1n) is 10.1. The third-order valence-corrected chi connectivity index (χ3v) is 5.74. The number of phenolic OH excluding ortho intramolecular Hbond substituents is 1. The molecule has 0 aliphatic carbocycles. The molecule has 0 aromatic heterocycles. The molecular formula is C24H30Br2N2O4. The molecule has 2 rings (SSSR count). The van der Waals surface area contributed by atoms with Gasteiger partial charge in [-0.25, -0.2) is 5.43 Å². The van der Waals surface area contributed by atoms with Gasteiger partial charge in [-0.2, -0.15) is 5.10 Å². The van der Waals surface area contributed by atoms with Crippen molar-refractivity contribution < 1.29 is 19.4 Å². The highest BCUT2D eigenvalue weighted by Crippen LogP contribution is 2.40. The maximum absolute atomic E-state index is 12.2. The van der Waals surface area contributed by atoms with E-state index in [0.29, 0.717) is 21.7 Å². The molecule has 8 heteroatoms. The van der Waals surface area contributed by atoms with Crippen molar-refractivity contribution in [2.45, 2.75) is 52.4 Å². The normalized spacial score (nSPS) is 12.2. The lowest BCUT2D eigenvalue weighted by molar-refractivity contribution is -0.123. The molecule has 0 aliphatic heterocycles. The van der Waals surface area contributed by atoms with E-state index in [0.717, 1.165) is 21.2 Å². The maximum Gasteiger partial charge on any atom is 0.277 e. The molecule has 1 amide bonds. The second-order valence-corrected chi connectivity index (χ2v) is 11.2. The van der Waals surface area contributed by atoms with Crippen LogP contribution in [-0.2, 0) is 15.6 Å². The van der Waals surface area contributed by atoms with Crippen LogP contribution in [0.1, 0.15) is 58.2 Å². The smallest absolute Gasteiger partial charge is 0.277 e. The number of aromatic hydroxyl groups is 1. The molecule has 0 atom stereocenters.